The number of benzene rings is 1. The minimum Gasteiger partial charge on any atom is -0.493 e. The standard InChI is InChI=1S/C21H30N2O5S/c1-26-18-8-4-6-16-19-17(7-5-15-27-19)21(28-20(16)18)9-13-23(14-10-21)29(24,25)22-11-2-3-12-22/h4,6,8,17,19H,2-3,5,7,9-15H2,1H3/t17-,19+/m0/s1. The number of hydrogen-bond donors (Lipinski definition) is 0. The van der Waals surface area contributed by atoms with Crippen LogP contribution in [0.1, 0.15) is 50.2 Å². The van der Waals surface area contributed by atoms with Gasteiger partial charge in [-0.3, -0.25) is 0 Å². The maximum atomic E-state index is 13.0. The molecule has 4 aliphatic rings. The average molecular weight is 423 g/mol. The van der Waals surface area contributed by atoms with Crippen LogP contribution < -0.4 is 9.47 Å². The molecule has 0 radical (unpaired) electrons. The van der Waals surface area contributed by atoms with Crippen LogP contribution in [0.4, 0.5) is 0 Å². The Morgan fingerprint density at radius 1 is 1.07 bits per heavy atom. The fraction of sp³-hybridized carbons (Fsp3) is 0.714. The van der Waals surface area contributed by atoms with Crippen LogP contribution in [0.3, 0.4) is 0 Å². The first kappa shape index (κ1) is 19.6. The van der Waals surface area contributed by atoms with Crippen molar-refractivity contribution in [2.45, 2.75) is 50.2 Å². The predicted octanol–water partition coefficient (Wildman–Crippen LogP) is 2.73. The molecule has 0 aliphatic carbocycles. The lowest BCUT2D eigenvalue weighted by molar-refractivity contribution is -0.146. The van der Waals surface area contributed by atoms with Gasteiger partial charge in [0.2, 0.25) is 0 Å². The van der Waals surface area contributed by atoms with E-state index in [-0.39, 0.29) is 12.0 Å². The second kappa shape index (κ2) is 7.41. The van der Waals surface area contributed by atoms with Crippen molar-refractivity contribution in [3.63, 3.8) is 0 Å². The second-order valence-electron chi connectivity index (χ2n) is 8.60. The van der Waals surface area contributed by atoms with Gasteiger partial charge < -0.3 is 14.2 Å². The maximum absolute atomic E-state index is 13.0. The minimum absolute atomic E-state index is 0.00987. The molecular formula is C21H30N2O5S. The van der Waals surface area contributed by atoms with Crippen LogP contribution in [-0.2, 0) is 14.9 Å². The molecule has 3 saturated heterocycles. The normalized spacial score (nSPS) is 29.8. The summed E-state index contributed by atoms with van der Waals surface area (Å²) in [4.78, 5) is 0. The van der Waals surface area contributed by atoms with E-state index in [1.165, 1.54) is 0 Å². The molecule has 1 aromatic carbocycles. The Morgan fingerprint density at radius 2 is 1.79 bits per heavy atom. The lowest BCUT2D eigenvalue weighted by atomic mass is 9.70. The van der Waals surface area contributed by atoms with Crippen LogP contribution in [0, 0.1) is 5.92 Å². The molecule has 4 aliphatic heterocycles. The number of hydrogen-bond acceptors (Lipinski definition) is 5. The van der Waals surface area contributed by atoms with Crippen LogP contribution in [0.15, 0.2) is 18.2 Å². The summed E-state index contributed by atoms with van der Waals surface area (Å²) in [6, 6.07) is 5.97. The van der Waals surface area contributed by atoms with Crippen LogP contribution >= 0.6 is 0 Å². The summed E-state index contributed by atoms with van der Waals surface area (Å²) in [6.45, 7) is 3.02. The zero-order valence-corrected chi connectivity index (χ0v) is 17.8. The third-order valence-electron chi connectivity index (χ3n) is 7.13. The lowest BCUT2D eigenvalue weighted by Crippen LogP contribution is -2.59. The van der Waals surface area contributed by atoms with E-state index >= 15 is 0 Å². The van der Waals surface area contributed by atoms with Crippen LogP contribution in [0.25, 0.3) is 0 Å². The highest BCUT2D eigenvalue weighted by atomic mass is 32.2. The van der Waals surface area contributed by atoms with E-state index in [1.807, 2.05) is 12.1 Å². The maximum Gasteiger partial charge on any atom is 0.281 e. The molecule has 7 nitrogen and oxygen atoms in total. The van der Waals surface area contributed by atoms with E-state index < -0.39 is 15.8 Å². The van der Waals surface area contributed by atoms with Crippen molar-refractivity contribution < 1.29 is 22.6 Å². The van der Waals surface area contributed by atoms with Gasteiger partial charge in [0.25, 0.3) is 10.2 Å². The van der Waals surface area contributed by atoms with Gasteiger partial charge >= 0.3 is 0 Å². The molecule has 1 spiro atoms. The number of piperidine rings is 1. The topological polar surface area (TPSA) is 68.3 Å². The van der Waals surface area contributed by atoms with Crippen molar-refractivity contribution in [3.8, 4) is 11.5 Å². The first-order chi connectivity index (χ1) is 14.0. The Balaban J connectivity index is 1.43. The van der Waals surface area contributed by atoms with E-state index in [0.717, 1.165) is 49.4 Å². The summed E-state index contributed by atoms with van der Waals surface area (Å²) in [7, 11) is -1.71. The summed E-state index contributed by atoms with van der Waals surface area (Å²) in [5, 5.41) is 0. The first-order valence-corrected chi connectivity index (χ1v) is 12.2. The van der Waals surface area contributed by atoms with Gasteiger partial charge in [0.1, 0.15) is 5.60 Å². The third-order valence-corrected chi connectivity index (χ3v) is 9.16. The molecule has 0 bridgehead atoms. The van der Waals surface area contributed by atoms with Gasteiger partial charge in [0.05, 0.1) is 13.2 Å². The summed E-state index contributed by atoms with van der Waals surface area (Å²) in [5.74, 6) is 1.74. The van der Waals surface area contributed by atoms with Gasteiger partial charge in [0.15, 0.2) is 11.5 Å². The first-order valence-electron chi connectivity index (χ1n) is 10.8. The van der Waals surface area contributed by atoms with Gasteiger partial charge in [-0.15, -0.1) is 0 Å². The van der Waals surface area contributed by atoms with E-state index in [4.69, 9.17) is 14.2 Å². The van der Waals surface area contributed by atoms with E-state index in [9.17, 15) is 8.42 Å². The summed E-state index contributed by atoms with van der Waals surface area (Å²) in [6.07, 6.45) is 5.32. The zero-order valence-electron chi connectivity index (χ0n) is 17.0. The molecule has 0 amide bonds. The third kappa shape index (κ3) is 3.15. The molecule has 2 atom stereocenters. The Bertz CT molecular complexity index is 860. The van der Waals surface area contributed by atoms with Gasteiger partial charge in [-0.05, 0) is 31.7 Å². The molecule has 29 heavy (non-hydrogen) atoms. The second-order valence-corrected chi connectivity index (χ2v) is 10.5. The molecule has 160 valence electrons. The van der Waals surface area contributed by atoms with E-state index in [1.54, 1.807) is 15.7 Å². The van der Waals surface area contributed by atoms with Gasteiger partial charge in [-0.25, -0.2) is 0 Å². The number of methoxy groups -OCH3 is 1. The Morgan fingerprint density at radius 3 is 2.52 bits per heavy atom. The molecule has 8 heteroatoms. The molecule has 4 heterocycles. The number of nitrogens with zero attached hydrogens (tertiary/aromatic N) is 2. The Labute approximate surface area is 173 Å². The fourth-order valence-electron chi connectivity index (χ4n) is 5.58. The SMILES string of the molecule is COc1cccc2c1OC1(CCN(S(=O)(=O)N3CCCC3)CC1)[C@H]1CCCO[C@H]21. The summed E-state index contributed by atoms with van der Waals surface area (Å²) >= 11 is 0. The smallest absolute Gasteiger partial charge is 0.281 e. The number of para-hydroxylation sites is 1. The quantitative estimate of drug-likeness (QED) is 0.749. The summed E-state index contributed by atoms with van der Waals surface area (Å²) in [5.41, 5.74) is 0.663. The van der Waals surface area contributed by atoms with Crippen molar-refractivity contribution in [1.82, 2.24) is 8.61 Å². The summed E-state index contributed by atoms with van der Waals surface area (Å²) < 4.78 is 47.8. The van der Waals surface area contributed by atoms with Crippen molar-refractivity contribution in [2.75, 3.05) is 39.9 Å². The monoisotopic (exact) mass is 422 g/mol. The van der Waals surface area contributed by atoms with Gasteiger partial charge in [-0.2, -0.15) is 17.0 Å². The van der Waals surface area contributed by atoms with E-state index in [2.05, 4.69) is 6.07 Å². The highest BCUT2D eigenvalue weighted by molar-refractivity contribution is 7.86. The number of fused-ring (bicyclic) bond motifs is 4. The van der Waals surface area contributed by atoms with Crippen LogP contribution in [-0.4, -0.2) is 62.5 Å². The predicted molar refractivity (Wildman–Crippen MR) is 108 cm³/mol. The fourth-order valence-corrected chi connectivity index (χ4v) is 7.27. The molecule has 0 aromatic heterocycles. The molecule has 0 saturated carbocycles. The number of ether oxygens (including phenoxy) is 3. The Kier molecular flexibility index (Phi) is 5.01. The molecule has 1 aromatic rings. The molecule has 3 fully saturated rings. The minimum atomic E-state index is -3.36. The highest BCUT2D eigenvalue weighted by Gasteiger charge is 2.54. The lowest BCUT2D eigenvalue weighted by Gasteiger charge is -2.53. The largest absolute Gasteiger partial charge is 0.493 e. The molecule has 0 unspecified atom stereocenters. The highest BCUT2D eigenvalue weighted by Crippen LogP contribution is 2.55. The van der Waals surface area contributed by atoms with Gasteiger partial charge in [0, 0.05) is 57.1 Å². The molecule has 0 N–H and O–H groups in total. The number of rotatable bonds is 3. The average Bonchev–Trinajstić information content (AvgIpc) is 3.30. The van der Waals surface area contributed by atoms with E-state index in [0.29, 0.717) is 39.0 Å². The Hall–Kier alpha value is -1.35. The van der Waals surface area contributed by atoms with Crippen LogP contribution in [0.2, 0.25) is 0 Å². The van der Waals surface area contributed by atoms with Gasteiger partial charge in [-0.1, -0.05) is 12.1 Å². The zero-order chi connectivity index (χ0) is 20.1. The molecule has 5 rings (SSSR count). The van der Waals surface area contributed by atoms with Crippen LogP contribution in [0.5, 0.6) is 11.5 Å². The van der Waals surface area contributed by atoms with Crippen molar-refractivity contribution in [1.29, 1.82) is 0 Å². The molecular weight excluding hydrogens is 392 g/mol. The van der Waals surface area contributed by atoms with Crippen molar-refractivity contribution in [2.24, 2.45) is 5.92 Å². The van der Waals surface area contributed by atoms with Crippen molar-refractivity contribution >= 4 is 10.2 Å². The van der Waals surface area contributed by atoms with Crippen molar-refractivity contribution in [3.05, 3.63) is 23.8 Å².